The number of carbonyl (C=O) groups excluding carboxylic acids is 1. The first kappa shape index (κ1) is 11.0. The van der Waals surface area contributed by atoms with E-state index in [0.717, 1.165) is 0 Å². The van der Waals surface area contributed by atoms with E-state index in [1.165, 1.54) is 30.3 Å². The van der Waals surface area contributed by atoms with Crippen molar-refractivity contribution in [3.63, 3.8) is 0 Å². The standard InChI is InChI=1S/C13H10O4/c14-8-9-7-11(16)3-6-13(9)17-12-4-1-10(15)2-5-12/h1-8,15-16H. The highest BCUT2D eigenvalue weighted by molar-refractivity contribution is 5.80. The van der Waals surface area contributed by atoms with Crippen LogP contribution in [0, 0.1) is 0 Å². The van der Waals surface area contributed by atoms with E-state index >= 15 is 0 Å². The van der Waals surface area contributed by atoms with Crippen molar-refractivity contribution in [2.24, 2.45) is 0 Å². The molecule has 0 unspecified atom stereocenters. The third-order valence-corrected chi connectivity index (χ3v) is 2.18. The summed E-state index contributed by atoms with van der Waals surface area (Å²) in [7, 11) is 0. The summed E-state index contributed by atoms with van der Waals surface area (Å²) >= 11 is 0. The van der Waals surface area contributed by atoms with Crippen molar-refractivity contribution in [2.75, 3.05) is 0 Å². The zero-order valence-corrected chi connectivity index (χ0v) is 8.83. The van der Waals surface area contributed by atoms with Crippen LogP contribution < -0.4 is 4.74 Å². The predicted molar refractivity (Wildman–Crippen MR) is 61.7 cm³/mol. The Labute approximate surface area is 97.7 Å². The summed E-state index contributed by atoms with van der Waals surface area (Å²) in [4.78, 5) is 10.8. The van der Waals surface area contributed by atoms with Gasteiger partial charge in [0, 0.05) is 0 Å². The number of carbonyl (C=O) groups is 1. The molecule has 17 heavy (non-hydrogen) atoms. The summed E-state index contributed by atoms with van der Waals surface area (Å²) in [6.45, 7) is 0. The fourth-order valence-electron chi connectivity index (χ4n) is 1.36. The molecule has 0 radical (unpaired) electrons. The molecule has 0 aliphatic rings. The van der Waals surface area contributed by atoms with Gasteiger partial charge in [-0.05, 0) is 42.5 Å². The van der Waals surface area contributed by atoms with Gasteiger partial charge in [0.15, 0.2) is 6.29 Å². The number of aldehydes is 1. The molecular weight excluding hydrogens is 220 g/mol. The number of ether oxygens (including phenoxy) is 1. The first-order chi connectivity index (χ1) is 8.19. The number of phenols is 2. The molecule has 0 spiro atoms. The van der Waals surface area contributed by atoms with Gasteiger partial charge in [0.05, 0.1) is 5.56 Å². The van der Waals surface area contributed by atoms with Crippen LogP contribution in [0.3, 0.4) is 0 Å². The first-order valence-electron chi connectivity index (χ1n) is 4.94. The summed E-state index contributed by atoms with van der Waals surface area (Å²) in [5, 5.41) is 18.3. The average Bonchev–Trinajstić information content (AvgIpc) is 2.34. The Kier molecular flexibility index (Phi) is 2.96. The molecule has 0 aliphatic heterocycles. The van der Waals surface area contributed by atoms with Crippen LogP contribution >= 0.6 is 0 Å². The van der Waals surface area contributed by atoms with Gasteiger partial charge in [0.25, 0.3) is 0 Å². The number of hydrogen-bond acceptors (Lipinski definition) is 4. The van der Waals surface area contributed by atoms with Gasteiger partial charge in [-0.3, -0.25) is 4.79 Å². The Bertz CT molecular complexity index is 532. The van der Waals surface area contributed by atoms with Crippen molar-refractivity contribution in [3.05, 3.63) is 48.0 Å². The zero-order chi connectivity index (χ0) is 12.3. The topological polar surface area (TPSA) is 66.8 Å². The molecule has 0 fully saturated rings. The van der Waals surface area contributed by atoms with Crippen molar-refractivity contribution in [1.29, 1.82) is 0 Å². The normalized spacial score (nSPS) is 9.88. The molecular formula is C13H10O4. The number of hydrogen-bond donors (Lipinski definition) is 2. The Morgan fingerprint density at radius 3 is 2.24 bits per heavy atom. The van der Waals surface area contributed by atoms with E-state index in [1.54, 1.807) is 12.1 Å². The van der Waals surface area contributed by atoms with E-state index in [0.29, 0.717) is 17.8 Å². The van der Waals surface area contributed by atoms with E-state index in [1.807, 2.05) is 0 Å². The largest absolute Gasteiger partial charge is 0.508 e. The van der Waals surface area contributed by atoms with Gasteiger partial charge in [0.2, 0.25) is 0 Å². The summed E-state index contributed by atoms with van der Waals surface area (Å²) in [6, 6.07) is 10.4. The summed E-state index contributed by atoms with van der Waals surface area (Å²) < 4.78 is 5.46. The van der Waals surface area contributed by atoms with E-state index in [-0.39, 0.29) is 17.1 Å². The highest BCUT2D eigenvalue weighted by Gasteiger charge is 2.05. The van der Waals surface area contributed by atoms with Crippen molar-refractivity contribution in [2.45, 2.75) is 0 Å². The van der Waals surface area contributed by atoms with Gasteiger partial charge in [-0.1, -0.05) is 0 Å². The molecule has 2 aromatic carbocycles. The molecule has 2 aromatic rings. The summed E-state index contributed by atoms with van der Waals surface area (Å²) in [5.41, 5.74) is 0.262. The van der Waals surface area contributed by atoms with E-state index in [4.69, 9.17) is 9.84 Å². The Morgan fingerprint density at radius 2 is 1.59 bits per heavy atom. The van der Waals surface area contributed by atoms with Crippen molar-refractivity contribution < 1.29 is 19.7 Å². The molecule has 0 amide bonds. The highest BCUT2D eigenvalue weighted by Crippen LogP contribution is 2.28. The number of benzene rings is 2. The molecule has 0 saturated heterocycles. The van der Waals surface area contributed by atoms with Gasteiger partial charge in [0.1, 0.15) is 23.0 Å². The lowest BCUT2D eigenvalue weighted by atomic mass is 10.2. The first-order valence-corrected chi connectivity index (χ1v) is 4.94. The third-order valence-electron chi connectivity index (χ3n) is 2.18. The van der Waals surface area contributed by atoms with Crippen molar-refractivity contribution in [3.8, 4) is 23.0 Å². The SMILES string of the molecule is O=Cc1cc(O)ccc1Oc1ccc(O)cc1. The van der Waals surface area contributed by atoms with Gasteiger partial charge < -0.3 is 14.9 Å². The predicted octanol–water partition coefficient (Wildman–Crippen LogP) is 2.70. The van der Waals surface area contributed by atoms with Crippen LogP contribution in [-0.4, -0.2) is 16.5 Å². The second-order valence-electron chi connectivity index (χ2n) is 3.44. The third kappa shape index (κ3) is 2.55. The van der Waals surface area contributed by atoms with Crippen LogP contribution in [0.25, 0.3) is 0 Å². The summed E-state index contributed by atoms with van der Waals surface area (Å²) in [5.74, 6) is 0.990. The molecule has 2 N–H and O–H groups in total. The van der Waals surface area contributed by atoms with Crippen LogP contribution in [0.4, 0.5) is 0 Å². The van der Waals surface area contributed by atoms with Gasteiger partial charge >= 0.3 is 0 Å². The van der Waals surface area contributed by atoms with Gasteiger partial charge in [-0.15, -0.1) is 0 Å². The Balaban J connectivity index is 2.29. The van der Waals surface area contributed by atoms with Gasteiger partial charge in [-0.2, -0.15) is 0 Å². The molecule has 4 nitrogen and oxygen atoms in total. The molecule has 0 saturated carbocycles. The molecule has 0 aliphatic carbocycles. The van der Waals surface area contributed by atoms with E-state index in [2.05, 4.69) is 0 Å². The Hall–Kier alpha value is -2.49. The lowest BCUT2D eigenvalue weighted by Gasteiger charge is -2.08. The summed E-state index contributed by atoms with van der Waals surface area (Å²) in [6.07, 6.45) is 0.607. The minimum atomic E-state index is 0.00477. The monoisotopic (exact) mass is 230 g/mol. The zero-order valence-electron chi connectivity index (χ0n) is 8.83. The van der Waals surface area contributed by atoms with Crippen LogP contribution in [0.15, 0.2) is 42.5 Å². The highest BCUT2D eigenvalue weighted by atomic mass is 16.5. The fraction of sp³-hybridized carbons (Fsp3) is 0. The number of rotatable bonds is 3. The van der Waals surface area contributed by atoms with Crippen LogP contribution in [0.2, 0.25) is 0 Å². The molecule has 0 heterocycles. The van der Waals surface area contributed by atoms with Crippen LogP contribution in [0.1, 0.15) is 10.4 Å². The van der Waals surface area contributed by atoms with Gasteiger partial charge in [-0.25, -0.2) is 0 Å². The quantitative estimate of drug-likeness (QED) is 0.795. The second kappa shape index (κ2) is 4.57. The second-order valence-corrected chi connectivity index (χ2v) is 3.44. The molecule has 0 atom stereocenters. The Morgan fingerprint density at radius 1 is 0.941 bits per heavy atom. The maximum atomic E-state index is 10.8. The lowest BCUT2D eigenvalue weighted by molar-refractivity contribution is 0.112. The van der Waals surface area contributed by atoms with Crippen molar-refractivity contribution >= 4 is 6.29 Å². The van der Waals surface area contributed by atoms with E-state index < -0.39 is 0 Å². The molecule has 0 aromatic heterocycles. The maximum Gasteiger partial charge on any atom is 0.153 e. The minimum absolute atomic E-state index is 0.00477. The molecule has 0 bridgehead atoms. The average molecular weight is 230 g/mol. The fourth-order valence-corrected chi connectivity index (χ4v) is 1.36. The molecule has 4 heteroatoms. The van der Waals surface area contributed by atoms with Crippen molar-refractivity contribution in [1.82, 2.24) is 0 Å². The van der Waals surface area contributed by atoms with Crippen LogP contribution in [-0.2, 0) is 0 Å². The molecule has 2 rings (SSSR count). The number of aromatic hydroxyl groups is 2. The molecule has 86 valence electrons. The van der Waals surface area contributed by atoms with E-state index in [9.17, 15) is 9.90 Å². The smallest absolute Gasteiger partial charge is 0.153 e. The minimum Gasteiger partial charge on any atom is -0.508 e. The lowest BCUT2D eigenvalue weighted by Crippen LogP contribution is -1.89. The van der Waals surface area contributed by atoms with Crippen LogP contribution in [0.5, 0.6) is 23.0 Å². The number of phenolic OH excluding ortho intramolecular Hbond substituents is 2. The maximum absolute atomic E-state index is 10.8.